The minimum absolute atomic E-state index is 0.0746. The molecule has 1 fully saturated rings. The molecule has 2 heterocycles. The zero-order valence-corrected chi connectivity index (χ0v) is 16.8. The van der Waals surface area contributed by atoms with Gasteiger partial charge < -0.3 is 9.67 Å². The van der Waals surface area contributed by atoms with E-state index in [4.69, 9.17) is 0 Å². The fraction of sp³-hybridized carbons (Fsp3) is 0.526. The molecule has 29 heavy (non-hydrogen) atoms. The molecule has 0 saturated carbocycles. The Kier molecular flexibility index (Phi) is 6.07. The summed E-state index contributed by atoms with van der Waals surface area (Å²) in [6, 6.07) is 4.28. The molecule has 2 unspecified atom stereocenters. The summed E-state index contributed by atoms with van der Waals surface area (Å²) < 4.78 is 68.2. The van der Waals surface area contributed by atoms with E-state index in [0.717, 1.165) is 50.1 Å². The number of aliphatic hydroxyl groups is 1. The van der Waals surface area contributed by atoms with Crippen LogP contribution in [0, 0.1) is 5.92 Å². The van der Waals surface area contributed by atoms with Gasteiger partial charge in [0.25, 0.3) is 0 Å². The van der Waals surface area contributed by atoms with E-state index in [1.54, 1.807) is 12.5 Å². The van der Waals surface area contributed by atoms with Gasteiger partial charge in [0, 0.05) is 32.0 Å². The van der Waals surface area contributed by atoms with Crippen LogP contribution in [-0.2, 0) is 22.2 Å². The van der Waals surface area contributed by atoms with Crippen LogP contribution < -0.4 is 0 Å². The Labute approximate surface area is 168 Å². The standard InChI is InChI=1S/C19H24F3N3O3S/c1-18(26,19(20,21)22)16-4-6-17(7-5-16)29(27,28)25-10-2-3-15(13-25)8-11-24-12-9-23-14-24/h4-7,9,12,14-15,26H,2-3,8,10-11,13H2,1H3. The summed E-state index contributed by atoms with van der Waals surface area (Å²) >= 11 is 0. The molecule has 1 aliphatic heterocycles. The molecule has 1 saturated heterocycles. The van der Waals surface area contributed by atoms with Gasteiger partial charge in [0.15, 0.2) is 5.60 Å². The molecule has 6 nitrogen and oxygen atoms in total. The number of piperidine rings is 1. The maximum absolute atomic E-state index is 13.0. The van der Waals surface area contributed by atoms with Crippen molar-refractivity contribution in [2.75, 3.05) is 13.1 Å². The van der Waals surface area contributed by atoms with E-state index in [9.17, 15) is 26.7 Å². The number of sulfonamides is 1. The van der Waals surface area contributed by atoms with Crippen molar-refractivity contribution in [2.24, 2.45) is 5.92 Å². The molecular weight excluding hydrogens is 407 g/mol. The zero-order valence-electron chi connectivity index (χ0n) is 16.0. The third-order valence-electron chi connectivity index (χ3n) is 5.44. The van der Waals surface area contributed by atoms with Gasteiger partial charge >= 0.3 is 6.18 Å². The van der Waals surface area contributed by atoms with Crippen molar-refractivity contribution in [1.82, 2.24) is 13.9 Å². The van der Waals surface area contributed by atoms with Crippen LogP contribution in [0.3, 0.4) is 0 Å². The van der Waals surface area contributed by atoms with Crippen LogP contribution in [0.15, 0.2) is 47.9 Å². The molecule has 0 amide bonds. The molecule has 0 aliphatic carbocycles. The predicted molar refractivity (Wildman–Crippen MR) is 100 cm³/mol. The Morgan fingerprint density at radius 3 is 2.52 bits per heavy atom. The fourth-order valence-electron chi connectivity index (χ4n) is 3.50. The first-order chi connectivity index (χ1) is 13.5. The third-order valence-corrected chi connectivity index (χ3v) is 7.32. The van der Waals surface area contributed by atoms with Gasteiger partial charge in [-0.2, -0.15) is 17.5 Å². The Bertz CT molecular complexity index is 910. The van der Waals surface area contributed by atoms with Gasteiger partial charge in [-0.3, -0.25) is 0 Å². The maximum atomic E-state index is 13.0. The van der Waals surface area contributed by atoms with Gasteiger partial charge in [-0.05, 0) is 49.8 Å². The summed E-state index contributed by atoms with van der Waals surface area (Å²) in [5.74, 6) is 0.200. The van der Waals surface area contributed by atoms with Crippen molar-refractivity contribution < 1.29 is 26.7 Å². The van der Waals surface area contributed by atoms with E-state index in [2.05, 4.69) is 4.98 Å². The van der Waals surface area contributed by atoms with E-state index in [-0.39, 0.29) is 10.8 Å². The highest BCUT2D eigenvalue weighted by atomic mass is 32.2. The lowest BCUT2D eigenvalue weighted by Crippen LogP contribution is -2.40. The van der Waals surface area contributed by atoms with Crippen LogP contribution in [0.4, 0.5) is 13.2 Å². The summed E-state index contributed by atoms with van der Waals surface area (Å²) in [5, 5.41) is 9.75. The molecule has 1 N–H and O–H groups in total. The van der Waals surface area contributed by atoms with Crippen molar-refractivity contribution in [2.45, 2.75) is 49.4 Å². The Morgan fingerprint density at radius 1 is 1.24 bits per heavy atom. The SMILES string of the molecule is CC(O)(c1ccc(S(=O)(=O)N2CCCC(CCn3ccnc3)C2)cc1)C(F)(F)F. The number of aryl methyl sites for hydroxylation is 1. The lowest BCUT2D eigenvalue weighted by Gasteiger charge is -2.32. The van der Waals surface area contributed by atoms with E-state index in [1.165, 1.54) is 4.31 Å². The van der Waals surface area contributed by atoms with E-state index < -0.39 is 27.4 Å². The minimum atomic E-state index is -4.86. The molecule has 0 spiro atoms. The molecule has 1 aromatic carbocycles. The quantitative estimate of drug-likeness (QED) is 0.763. The second-order valence-electron chi connectivity index (χ2n) is 7.55. The average molecular weight is 431 g/mol. The monoisotopic (exact) mass is 431 g/mol. The first-order valence-corrected chi connectivity index (χ1v) is 10.8. The highest BCUT2D eigenvalue weighted by Gasteiger charge is 2.51. The lowest BCUT2D eigenvalue weighted by atomic mass is 9.96. The molecule has 1 aliphatic rings. The van der Waals surface area contributed by atoms with Gasteiger partial charge in [-0.15, -0.1) is 0 Å². The Balaban J connectivity index is 1.71. The Hall–Kier alpha value is -1.91. The summed E-state index contributed by atoms with van der Waals surface area (Å²) in [6.07, 6.45) is 2.88. The van der Waals surface area contributed by atoms with Crippen molar-refractivity contribution in [3.8, 4) is 0 Å². The van der Waals surface area contributed by atoms with Crippen LogP contribution >= 0.6 is 0 Å². The second kappa shape index (κ2) is 8.08. The average Bonchev–Trinajstić information content (AvgIpc) is 3.19. The number of alkyl halides is 3. The number of hydrogen-bond donors (Lipinski definition) is 1. The van der Waals surface area contributed by atoms with Gasteiger partial charge in [0.05, 0.1) is 11.2 Å². The molecule has 160 valence electrons. The molecule has 2 aromatic rings. The van der Waals surface area contributed by atoms with Crippen molar-refractivity contribution in [3.05, 3.63) is 48.5 Å². The third kappa shape index (κ3) is 4.65. The van der Waals surface area contributed by atoms with E-state index in [1.807, 2.05) is 10.8 Å². The number of benzene rings is 1. The van der Waals surface area contributed by atoms with Crippen molar-refractivity contribution in [3.63, 3.8) is 0 Å². The van der Waals surface area contributed by atoms with E-state index >= 15 is 0 Å². The van der Waals surface area contributed by atoms with Gasteiger partial charge in [0.2, 0.25) is 10.0 Å². The molecule has 0 radical (unpaired) electrons. The smallest absolute Gasteiger partial charge is 0.376 e. The number of nitrogens with zero attached hydrogens (tertiary/aromatic N) is 3. The summed E-state index contributed by atoms with van der Waals surface area (Å²) in [4.78, 5) is 3.91. The summed E-state index contributed by atoms with van der Waals surface area (Å²) in [5.41, 5.74) is -3.44. The molecule has 1 aromatic heterocycles. The van der Waals surface area contributed by atoms with Gasteiger partial charge in [-0.25, -0.2) is 13.4 Å². The second-order valence-corrected chi connectivity index (χ2v) is 9.49. The molecular formula is C19H24F3N3O3S. The normalized spacial score (nSPS) is 21.1. The van der Waals surface area contributed by atoms with Gasteiger partial charge in [-0.1, -0.05) is 12.1 Å². The van der Waals surface area contributed by atoms with Crippen LogP contribution in [0.5, 0.6) is 0 Å². The number of imidazole rings is 1. The van der Waals surface area contributed by atoms with Crippen LogP contribution in [0.25, 0.3) is 0 Å². The predicted octanol–water partition coefficient (Wildman–Crippen LogP) is 3.14. The maximum Gasteiger partial charge on any atom is 0.421 e. The van der Waals surface area contributed by atoms with Crippen LogP contribution in [0.2, 0.25) is 0 Å². The molecule has 3 rings (SSSR count). The van der Waals surface area contributed by atoms with Crippen molar-refractivity contribution >= 4 is 10.0 Å². The Morgan fingerprint density at radius 2 is 1.93 bits per heavy atom. The van der Waals surface area contributed by atoms with Gasteiger partial charge in [0.1, 0.15) is 0 Å². The number of halogens is 3. The number of hydrogen-bond acceptors (Lipinski definition) is 4. The zero-order chi connectivity index (χ0) is 21.3. The largest absolute Gasteiger partial charge is 0.421 e. The topological polar surface area (TPSA) is 75.4 Å². The first kappa shape index (κ1) is 21.8. The fourth-order valence-corrected chi connectivity index (χ4v) is 5.05. The number of rotatable bonds is 6. The molecule has 2 atom stereocenters. The molecule has 10 heteroatoms. The molecule has 0 bridgehead atoms. The van der Waals surface area contributed by atoms with Crippen molar-refractivity contribution in [1.29, 1.82) is 0 Å². The minimum Gasteiger partial charge on any atom is -0.376 e. The highest BCUT2D eigenvalue weighted by molar-refractivity contribution is 7.89. The highest BCUT2D eigenvalue weighted by Crippen LogP contribution is 2.38. The van der Waals surface area contributed by atoms with E-state index in [0.29, 0.717) is 20.0 Å². The van der Waals surface area contributed by atoms with Crippen LogP contribution in [-0.4, -0.2) is 46.6 Å². The first-order valence-electron chi connectivity index (χ1n) is 9.37. The number of aromatic nitrogens is 2. The summed E-state index contributed by atoms with van der Waals surface area (Å²) in [7, 11) is -3.81. The van der Waals surface area contributed by atoms with Crippen LogP contribution in [0.1, 0.15) is 31.7 Å². The summed E-state index contributed by atoms with van der Waals surface area (Å²) in [6.45, 7) is 2.15. The lowest BCUT2D eigenvalue weighted by molar-refractivity contribution is -0.258.